The molecule has 0 aromatic carbocycles. The molecule has 0 bridgehead atoms. The standard InChI is InChI=1S/C15H21N3O3/c1-18(10-13-6-2-3-8-16-13)15(21)17-12-7-4-5-11(9-12)14(19)20/h2-3,6,8,11-12H,4-5,7,9-10H2,1H3,(H,17,21)(H,19,20). The summed E-state index contributed by atoms with van der Waals surface area (Å²) in [6.07, 6.45) is 4.59. The first-order chi connectivity index (χ1) is 10.1. The van der Waals surface area contributed by atoms with Crippen molar-refractivity contribution in [3.05, 3.63) is 30.1 Å². The first kappa shape index (κ1) is 15.3. The van der Waals surface area contributed by atoms with Gasteiger partial charge < -0.3 is 15.3 Å². The summed E-state index contributed by atoms with van der Waals surface area (Å²) in [6, 6.07) is 5.34. The van der Waals surface area contributed by atoms with Crippen molar-refractivity contribution in [2.75, 3.05) is 7.05 Å². The quantitative estimate of drug-likeness (QED) is 0.887. The third-order valence-electron chi connectivity index (χ3n) is 3.82. The Balaban J connectivity index is 1.84. The van der Waals surface area contributed by atoms with Gasteiger partial charge in [-0.05, 0) is 31.4 Å². The van der Waals surface area contributed by atoms with Crippen molar-refractivity contribution in [2.24, 2.45) is 5.92 Å². The molecule has 1 aromatic heterocycles. The summed E-state index contributed by atoms with van der Waals surface area (Å²) in [5.74, 6) is -1.11. The minimum absolute atomic E-state index is 0.0569. The number of amides is 2. The number of nitrogens with zero attached hydrogens (tertiary/aromatic N) is 2. The van der Waals surface area contributed by atoms with Gasteiger partial charge in [0.1, 0.15) is 0 Å². The highest BCUT2D eigenvalue weighted by molar-refractivity contribution is 5.74. The van der Waals surface area contributed by atoms with Gasteiger partial charge in [-0.25, -0.2) is 4.79 Å². The van der Waals surface area contributed by atoms with Crippen LogP contribution in [0.15, 0.2) is 24.4 Å². The fourth-order valence-corrected chi connectivity index (χ4v) is 2.64. The molecule has 2 rings (SSSR count). The normalized spacial score (nSPS) is 21.6. The molecule has 1 aliphatic rings. The van der Waals surface area contributed by atoms with Crippen LogP contribution in [-0.4, -0.2) is 40.1 Å². The van der Waals surface area contributed by atoms with Crippen LogP contribution < -0.4 is 5.32 Å². The van der Waals surface area contributed by atoms with Gasteiger partial charge >= 0.3 is 12.0 Å². The molecule has 0 radical (unpaired) electrons. The summed E-state index contributed by atoms with van der Waals surface area (Å²) < 4.78 is 0. The van der Waals surface area contributed by atoms with Gasteiger partial charge in [0.15, 0.2) is 0 Å². The second-order valence-electron chi connectivity index (χ2n) is 5.53. The highest BCUT2D eigenvalue weighted by atomic mass is 16.4. The van der Waals surface area contributed by atoms with Crippen molar-refractivity contribution < 1.29 is 14.7 Å². The zero-order valence-electron chi connectivity index (χ0n) is 12.2. The largest absolute Gasteiger partial charge is 0.481 e. The van der Waals surface area contributed by atoms with Crippen molar-refractivity contribution in [1.29, 1.82) is 0 Å². The molecule has 1 aromatic rings. The van der Waals surface area contributed by atoms with E-state index in [0.717, 1.165) is 18.5 Å². The van der Waals surface area contributed by atoms with E-state index in [1.807, 2.05) is 18.2 Å². The molecule has 6 heteroatoms. The second-order valence-corrected chi connectivity index (χ2v) is 5.53. The number of carboxylic acids is 1. The number of carbonyl (C=O) groups is 2. The van der Waals surface area contributed by atoms with Gasteiger partial charge in [0.25, 0.3) is 0 Å². The maximum atomic E-state index is 12.1. The number of carbonyl (C=O) groups excluding carboxylic acids is 1. The van der Waals surface area contributed by atoms with E-state index in [4.69, 9.17) is 5.11 Å². The average molecular weight is 291 g/mol. The van der Waals surface area contributed by atoms with E-state index in [-0.39, 0.29) is 18.0 Å². The summed E-state index contributed by atoms with van der Waals surface area (Å²) in [4.78, 5) is 28.9. The summed E-state index contributed by atoms with van der Waals surface area (Å²) in [7, 11) is 1.71. The summed E-state index contributed by atoms with van der Waals surface area (Å²) in [5.41, 5.74) is 0.821. The molecular formula is C15H21N3O3. The van der Waals surface area contributed by atoms with Crippen LogP contribution in [-0.2, 0) is 11.3 Å². The third-order valence-corrected chi connectivity index (χ3v) is 3.82. The Bertz CT molecular complexity index is 492. The van der Waals surface area contributed by atoms with Crippen molar-refractivity contribution in [3.8, 4) is 0 Å². The number of carboxylic acid groups (broad SMARTS) is 1. The minimum atomic E-state index is -0.768. The molecule has 1 fully saturated rings. The van der Waals surface area contributed by atoms with Gasteiger partial charge in [0.2, 0.25) is 0 Å². The molecule has 2 unspecified atom stereocenters. The molecule has 114 valence electrons. The monoisotopic (exact) mass is 291 g/mol. The van der Waals surface area contributed by atoms with Crippen LogP contribution in [0.4, 0.5) is 4.79 Å². The van der Waals surface area contributed by atoms with Crippen molar-refractivity contribution in [3.63, 3.8) is 0 Å². The molecule has 21 heavy (non-hydrogen) atoms. The Kier molecular flexibility index (Phi) is 5.14. The Labute approximate surface area is 124 Å². The number of hydrogen-bond donors (Lipinski definition) is 2. The maximum Gasteiger partial charge on any atom is 0.317 e. The number of aromatic nitrogens is 1. The van der Waals surface area contributed by atoms with Gasteiger partial charge in [-0.1, -0.05) is 12.5 Å². The fraction of sp³-hybridized carbons (Fsp3) is 0.533. The van der Waals surface area contributed by atoms with Gasteiger partial charge in [0.05, 0.1) is 18.2 Å². The number of urea groups is 1. The lowest BCUT2D eigenvalue weighted by atomic mass is 9.86. The van der Waals surface area contributed by atoms with E-state index >= 15 is 0 Å². The Morgan fingerprint density at radius 3 is 2.90 bits per heavy atom. The van der Waals surface area contributed by atoms with E-state index < -0.39 is 5.97 Å². The zero-order chi connectivity index (χ0) is 15.2. The molecule has 1 heterocycles. The topological polar surface area (TPSA) is 82.5 Å². The molecular weight excluding hydrogens is 270 g/mol. The zero-order valence-corrected chi connectivity index (χ0v) is 12.2. The lowest BCUT2D eigenvalue weighted by molar-refractivity contribution is -0.143. The predicted molar refractivity (Wildman–Crippen MR) is 77.6 cm³/mol. The molecule has 6 nitrogen and oxygen atoms in total. The van der Waals surface area contributed by atoms with E-state index in [1.165, 1.54) is 0 Å². The van der Waals surface area contributed by atoms with E-state index in [9.17, 15) is 9.59 Å². The van der Waals surface area contributed by atoms with Crippen LogP contribution in [0.1, 0.15) is 31.4 Å². The van der Waals surface area contributed by atoms with Crippen LogP contribution in [0.5, 0.6) is 0 Å². The van der Waals surface area contributed by atoms with Gasteiger partial charge in [-0.3, -0.25) is 9.78 Å². The van der Waals surface area contributed by atoms with Crippen LogP contribution >= 0.6 is 0 Å². The van der Waals surface area contributed by atoms with Crippen LogP contribution in [0.25, 0.3) is 0 Å². The summed E-state index contributed by atoms with van der Waals surface area (Å²) >= 11 is 0. The predicted octanol–water partition coefficient (Wildman–Crippen LogP) is 1.87. The Morgan fingerprint density at radius 1 is 1.43 bits per heavy atom. The Morgan fingerprint density at radius 2 is 2.24 bits per heavy atom. The lowest BCUT2D eigenvalue weighted by Crippen LogP contribution is -2.45. The van der Waals surface area contributed by atoms with Gasteiger partial charge in [-0.2, -0.15) is 0 Å². The van der Waals surface area contributed by atoms with Crippen LogP contribution in [0, 0.1) is 5.92 Å². The molecule has 1 saturated carbocycles. The molecule has 0 saturated heterocycles. The first-order valence-electron chi connectivity index (χ1n) is 7.20. The molecule has 2 N–H and O–H groups in total. The molecule has 2 atom stereocenters. The average Bonchev–Trinajstić information content (AvgIpc) is 2.48. The molecule has 0 aliphatic heterocycles. The maximum absolute atomic E-state index is 12.1. The molecule has 0 spiro atoms. The number of rotatable bonds is 4. The van der Waals surface area contributed by atoms with Crippen molar-refractivity contribution >= 4 is 12.0 Å². The van der Waals surface area contributed by atoms with Gasteiger partial charge in [0, 0.05) is 19.3 Å². The SMILES string of the molecule is CN(Cc1ccccn1)C(=O)NC1CCCC(C(=O)O)C1. The number of hydrogen-bond acceptors (Lipinski definition) is 3. The van der Waals surface area contributed by atoms with Crippen LogP contribution in [0.2, 0.25) is 0 Å². The van der Waals surface area contributed by atoms with Crippen LogP contribution in [0.3, 0.4) is 0 Å². The fourth-order valence-electron chi connectivity index (χ4n) is 2.64. The molecule has 2 amide bonds. The lowest BCUT2D eigenvalue weighted by Gasteiger charge is -2.29. The summed E-state index contributed by atoms with van der Waals surface area (Å²) in [5, 5.41) is 12.0. The van der Waals surface area contributed by atoms with E-state index in [2.05, 4.69) is 10.3 Å². The van der Waals surface area contributed by atoms with E-state index in [1.54, 1.807) is 18.1 Å². The highest BCUT2D eigenvalue weighted by Crippen LogP contribution is 2.24. The highest BCUT2D eigenvalue weighted by Gasteiger charge is 2.28. The smallest absolute Gasteiger partial charge is 0.317 e. The third kappa shape index (κ3) is 4.44. The van der Waals surface area contributed by atoms with Gasteiger partial charge in [-0.15, -0.1) is 0 Å². The Hall–Kier alpha value is -2.11. The summed E-state index contributed by atoms with van der Waals surface area (Å²) in [6.45, 7) is 0.432. The minimum Gasteiger partial charge on any atom is -0.481 e. The first-order valence-corrected chi connectivity index (χ1v) is 7.20. The molecule has 1 aliphatic carbocycles. The number of pyridine rings is 1. The number of nitrogens with one attached hydrogen (secondary N) is 1. The van der Waals surface area contributed by atoms with Crippen molar-refractivity contribution in [1.82, 2.24) is 15.2 Å². The van der Waals surface area contributed by atoms with E-state index in [0.29, 0.717) is 19.4 Å². The number of aliphatic carboxylic acids is 1. The van der Waals surface area contributed by atoms with Crippen molar-refractivity contribution in [2.45, 2.75) is 38.3 Å². The second kappa shape index (κ2) is 7.06.